The Morgan fingerprint density at radius 1 is 1.06 bits per heavy atom. The quantitative estimate of drug-likeness (QED) is 0.360. The van der Waals surface area contributed by atoms with E-state index in [1.807, 2.05) is 82.3 Å². The van der Waals surface area contributed by atoms with Crippen LogP contribution in [0.1, 0.15) is 46.6 Å². The monoisotopic (exact) mass is 461 g/mol. The number of ether oxygens (including phenoxy) is 1. The molecule has 0 saturated heterocycles. The number of esters is 1. The van der Waals surface area contributed by atoms with Crippen molar-refractivity contribution in [3.63, 3.8) is 0 Å². The van der Waals surface area contributed by atoms with Crippen LogP contribution in [0.15, 0.2) is 64.4 Å². The van der Waals surface area contributed by atoms with Crippen molar-refractivity contribution < 1.29 is 13.7 Å². The minimum absolute atomic E-state index is 0.255. The van der Waals surface area contributed by atoms with Crippen LogP contribution in [0.25, 0.3) is 0 Å². The first kappa shape index (κ1) is 25.6. The SMILES string of the molecule is Cc1ccc([S@](=O)N[C@@H](CC(C)C)[C@H](CSc2ccccc2)C(=O)OC(C)(C)C)cc1. The predicted molar refractivity (Wildman–Crippen MR) is 130 cm³/mol. The second-order valence-corrected chi connectivity index (χ2v) is 11.5. The van der Waals surface area contributed by atoms with Crippen molar-refractivity contribution in [3.8, 4) is 0 Å². The van der Waals surface area contributed by atoms with Gasteiger partial charge in [0.05, 0.1) is 10.8 Å². The van der Waals surface area contributed by atoms with Crippen molar-refractivity contribution in [1.29, 1.82) is 0 Å². The van der Waals surface area contributed by atoms with Gasteiger partial charge in [-0.1, -0.05) is 49.7 Å². The normalized spacial score (nSPS) is 14.8. The number of carbonyl (C=O) groups is 1. The highest BCUT2D eigenvalue weighted by Crippen LogP contribution is 2.27. The molecule has 2 aromatic carbocycles. The fourth-order valence-corrected chi connectivity index (χ4v) is 5.24. The lowest BCUT2D eigenvalue weighted by Gasteiger charge is -2.30. The Labute approximate surface area is 194 Å². The predicted octanol–water partition coefficient (Wildman–Crippen LogP) is 5.77. The van der Waals surface area contributed by atoms with E-state index in [1.165, 1.54) is 0 Å². The van der Waals surface area contributed by atoms with Gasteiger partial charge in [-0.15, -0.1) is 11.8 Å². The van der Waals surface area contributed by atoms with E-state index in [4.69, 9.17) is 4.74 Å². The third-order valence-corrected chi connectivity index (χ3v) is 6.94. The molecule has 0 saturated carbocycles. The number of hydrogen-bond donors (Lipinski definition) is 1. The van der Waals surface area contributed by atoms with Gasteiger partial charge in [0.15, 0.2) is 0 Å². The molecule has 0 aliphatic rings. The topological polar surface area (TPSA) is 55.4 Å². The number of aryl methyl sites for hydroxylation is 1. The second-order valence-electron chi connectivity index (χ2n) is 9.20. The molecule has 0 unspecified atom stereocenters. The molecule has 0 spiro atoms. The lowest BCUT2D eigenvalue weighted by atomic mass is 9.94. The summed E-state index contributed by atoms with van der Waals surface area (Å²) in [5.41, 5.74) is 0.538. The highest BCUT2D eigenvalue weighted by molar-refractivity contribution is 7.99. The molecular formula is C25H35NO3S2. The van der Waals surface area contributed by atoms with E-state index in [-0.39, 0.29) is 12.0 Å². The van der Waals surface area contributed by atoms with Crippen LogP contribution in [-0.4, -0.2) is 27.6 Å². The first-order chi connectivity index (χ1) is 14.5. The molecule has 1 N–H and O–H groups in total. The van der Waals surface area contributed by atoms with E-state index in [0.29, 0.717) is 16.6 Å². The molecule has 0 aliphatic carbocycles. The molecule has 0 radical (unpaired) electrons. The van der Waals surface area contributed by atoms with Crippen molar-refractivity contribution in [2.75, 3.05) is 5.75 Å². The lowest BCUT2D eigenvalue weighted by molar-refractivity contribution is -0.160. The van der Waals surface area contributed by atoms with Gasteiger partial charge in [0.1, 0.15) is 16.6 Å². The zero-order valence-corrected chi connectivity index (χ0v) is 21.0. The zero-order valence-electron chi connectivity index (χ0n) is 19.4. The summed E-state index contributed by atoms with van der Waals surface area (Å²) in [6.45, 7) is 11.9. The van der Waals surface area contributed by atoms with Crippen LogP contribution < -0.4 is 4.72 Å². The average molecular weight is 462 g/mol. The van der Waals surface area contributed by atoms with E-state index in [9.17, 15) is 9.00 Å². The molecule has 6 heteroatoms. The van der Waals surface area contributed by atoms with Crippen LogP contribution in [-0.2, 0) is 20.5 Å². The van der Waals surface area contributed by atoms with Gasteiger partial charge in [-0.3, -0.25) is 4.79 Å². The third kappa shape index (κ3) is 9.17. The molecule has 0 fully saturated rings. The van der Waals surface area contributed by atoms with Crippen molar-refractivity contribution in [1.82, 2.24) is 4.72 Å². The third-order valence-electron chi connectivity index (χ3n) is 4.59. The maximum Gasteiger partial charge on any atom is 0.311 e. The van der Waals surface area contributed by atoms with Gasteiger partial charge in [0.2, 0.25) is 0 Å². The van der Waals surface area contributed by atoms with E-state index in [0.717, 1.165) is 16.9 Å². The standard InChI is InChI=1S/C25H35NO3S2/c1-18(2)16-23(26-31(28)21-14-12-19(3)13-15-21)22(24(27)29-25(4,5)6)17-30-20-10-8-7-9-11-20/h7-15,18,22-23,26H,16-17H2,1-6H3/t22-,23-,31-/m0/s1. The second kappa shape index (κ2) is 11.8. The number of rotatable bonds is 10. The Bertz CT molecular complexity index is 845. The van der Waals surface area contributed by atoms with E-state index in [1.54, 1.807) is 11.8 Å². The largest absolute Gasteiger partial charge is 0.460 e. The average Bonchev–Trinajstić information content (AvgIpc) is 2.67. The highest BCUT2D eigenvalue weighted by atomic mass is 32.2. The lowest BCUT2D eigenvalue weighted by Crippen LogP contribution is -2.45. The number of hydrogen-bond acceptors (Lipinski definition) is 4. The van der Waals surface area contributed by atoms with Crippen molar-refractivity contribution >= 4 is 28.7 Å². The molecular weight excluding hydrogens is 426 g/mol. The smallest absolute Gasteiger partial charge is 0.311 e. The van der Waals surface area contributed by atoms with Gasteiger partial charge in [-0.2, -0.15) is 0 Å². The fraction of sp³-hybridized carbons (Fsp3) is 0.480. The van der Waals surface area contributed by atoms with Gasteiger partial charge in [0.25, 0.3) is 0 Å². The minimum atomic E-state index is -1.41. The molecule has 4 nitrogen and oxygen atoms in total. The van der Waals surface area contributed by atoms with E-state index >= 15 is 0 Å². The maximum atomic E-state index is 13.2. The van der Waals surface area contributed by atoms with Gasteiger partial charge >= 0.3 is 5.97 Å². The summed E-state index contributed by atoms with van der Waals surface area (Å²) in [6, 6.07) is 17.4. The number of carbonyl (C=O) groups excluding carboxylic acids is 1. The molecule has 0 aliphatic heterocycles. The van der Waals surface area contributed by atoms with Crippen LogP contribution in [0.5, 0.6) is 0 Å². The van der Waals surface area contributed by atoms with Crippen LogP contribution in [0.4, 0.5) is 0 Å². The Kier molecular flexibility index (Phi) is 9.79. The molecule has 2 rings (SSSR count). The van der Waals surface area contributed by atoms with Crippen molar-refractivity contribution in [2.24, 2.45) is 11.8 Å². The summed E-state index contributed by atoms with van der Waals surface area (Å²) in [5.74, 6) is 0.199. The molecule has 31 heavy (non-hydrogen) atoms. The van der Waals surface area contributed by atoms with Crippen LogP contribution >= 0.6 is 11.8 Å². The molecule has 0 heterocycles. The van der Waals surface area contributed by atoms with Gasteiger partial charge in [0, 0.05) is 16.7 Å². The van der Waals surface area contributed by atoms with Crippen molar-refractivity contribution in [2.45, 2.75) is 69.4 Å². The summed E-state index contributed by atoms with van der Waals surface area (Å²) in [6.07, 6.45) is 0.719. The molecule has 0 bridgehead atoms. The molecule has 170 valence electrons. The minimum Gasteiger partial charge on any atom is -0.460 e. The maximum absolute atomic E-state index is 13.2. The Morgan fingerprint density at radius 3 is 2.23 bits per heavy atom. The number of thioether (sulfide) groups is 1. The first-order valence-corrected chi connectivity index (χ1v) is 12.8. The fourth-order valence-electron chi connectivity index (χ4n) is 3.10. The van der Waals surface area contributed by atoms with Crippen LogP contribution in [0, 0.1) is 18.8 Å². The summed E-state index contributed by atoms with van der Waals surface area (Å²) < 4.78 is 22.1. The summed E-state index contributed by atoms with van der Waals surface area (Å²) in [4.78, 5) is 15.0. The first-order valence-electron chi connectivity index (χ1n) is 10.7. The van der Waals surface area contributed by atoms with Gasteiger partial charge in [-0.25, -0.2) is 8.93 Å². The van der Waals surface area contributed by atoms with Crippen LogP contribution in [0.2, 0.25) is 0 Å². The molecule has 0 aromatic heterocycles. The number of benzene rings is 2. The highest BCUT2D eigenvalue weighted by Gasteiger charge is 2.34. The van der Waals surface area contributed by atoms with Gasteiger partial charge in [-0.05, 0) is 64.3 Å². The number of nitrogens with one attached hydrogen (secondary N) is 1. The summed E-state index contributed by atoms with van der Waals surface area (Å²) >= 11 is 1.62. The zero-order chi connectivity index (χ0) is 23.0. The van der Waals surface area contributed by atoms with E-state index in [2.05, 4.69) is 18.6 Å². The Morgan fingerprint density at radius 2 is 1.68 bits per heavy atom. The van der Waals surface area contributed by atoms with Crippen LogP contribution in [0.3, 0.4) is 0 Å². The molecule has 2 aromatic rings. The molecule has 0 amide bonds. The van der Waals surface area contributed by atoms with Crippen molar-refractivity contribution in [3.05, 3.63) is 60.2 Å². The van der Waals surface area contributed by atoms with E-state index < -0.39 is 22.5 Å². The molecule has 3 atom stereocenters. The Balaban J connectivity index is 2.26. The summed E-state index contributed by atoms with van der Waals surface area (Å²) in [5, 5.41) is 0. The Hall–Kier alpha value is -1.63. The summed E-state index contributed by atoms with van der Waals surface area (Å²) in [7, 11) is -1.41. The van der Waals surface area contributed by atoms with Gasteiger partial charge < -0.3 is 4.74 Å².